The van der Waals surface area contributed by atoms with Crippen molar-refractivity contribution in [3.05, 3.63) is 0 Å². The Labute approximate surface area is 107 Å². The van der Waals surface area contributed by atoms with Gasteiger partial charge in [0.2, 0.25) is 0 Å². The fourth-order valence-electron chi connectivity index (χ4n) is 3.10. The van der Waals surface area contributed by atoms with Crippen LogP contribution < -0.4 is 0 Å². The van der Waals surface area contributed by atoms with Gasteiger partial charge in [0.15, 0.2) is 0 Å². The number of rotatable bonds is 4. The highest BCUT2D eigenvalue weighted by Gasteiger charge is 2.18. The molecule has 0 bridgehead atoms. The van der Waals surface area contributed by atoms with Crippen molar-refractivity contribution in [1.29, 1.82) is 0 Å². The average Bonchev–Trinajstić information content (AvgIpc) is 2.60. The predicted molar refractivity (Wildman–Crippen MR) is 72.3 cm³/mol. The number of hydrogen-bond donors (Lipinski definition) is 0. The highest BCUT2D eigenvalue weighted by Crippen LogP contribution is 2.25. The molecule has 0 aromatic rings. The molecule has 1 heterocycles. The Bertz CT molecular complexity index is 191. The quantitative estimate of drug-likeness (QED) is 0.745. The first-order valence-electron chi connectivity index (χ1n) is 7.68. The zero-order valence-corrected chi connectivity index (χ0v) is 11.5. The topological polar surface area (TPSA) is 12.5 Å². The Morgan fingerprint density at radius 3 is 2.24 bits per heavy atom. The van der Waals surface area contributed by atoms with Crippen molar-refractivity contribution in [3.63, 3.8) is 0 Å². The van der Waals surface area contributed by atoms with Crippen molar-refractivity contribution >= 4 is 0 Å². The number of likely N-dealkylation sites (tertiary alicyclic amines) is 1. The van der Waals surface area contributed by atoms with Crippen molar-refractivity contribution in [2.45, 2.75) is 64.4 Å². The van der Waals surface area contributed by atoms with Gasteiger partial charge in [0.1, 0.15) is 0 Å². The van der Waals surface area contributed by atoms with Crippen LogP contribution in [-0.4, -0.2) is 37.2 Å². The Balaban J connectivity index is 1.55. The fourth-order valence-corrected chi connectivity index (χ4v) is 3.10. The highest BCUT2D eigenvalue weighted by molar-refractivity contribution is 4.70. The normalized spacial score (nSPS) is 32.3. The van der Waals surface area contributed by atoms with Crippen LogP contribution in [0.4, 0.5) is 0 Å². The van der Waals surface area contributed by atoms with E-state index in [0.717, 1.165) is 19.1 Å². The summed E-state index contributed by atoms with van der Waals surface area (Å²) in [6.45, 7) is 7.08. The summed E-state index contributed by atoms with van der Waals surface area (Å²) in [6, 6.07) is 0. The lowest BCUT2D eigenvalue weighted by molar-refractivity contribution is 0.00913. The molecule has 0 amide bonds. The van der Waals surface area contributed by atoms with Crippen LogP contribution in [0.15, 0.2) is 0 Å². The summed E-state index contributed by atoms with van der Waals surface area (Å²) in [5.41, 5.74) is 0. The Morgan fingerprint density at radius 1 is 0.941 bits per heavy atom. The predicted octanol–water partition coefficient (Wildman–Crippen LogP) is 3.46. The number of ether oxygens (including phenoxy) is 1. The maximum atomic E-state index is 6.03. The van der Waals surface area contributed by atoms with Crippen molar-refractivity contribution in [2.24, 2.45) is 5.92 Å². The zero-order valence-electron chi connectivity index (χ0n) is 11.5. The average molecular weight is 239 g/mol. The SMILES string of the molecule is CC1CCC(OCCN2CCCCCC2)CC1. The first-order chi connectivity index (χ1) is 8.34. The molecule has 17 heavy (non-hydrogen) atoms. The minimum absolute atomic E-state index is 0.568. The van der Waals surface area contributed by atoms with Gasteiger partial charge in [-0.05, 0) is 57.5 Å². The van der Waals surface area contributed by atoms with Gasteiger partial charge in [-0.15, -0.1) is 0 Å². The summed E-state index contributed by atoms with van der Waals surface area (Å²) in [6.07, 6.45) is 11.5. The molecule has 2 nitrogen and oxygen atoms in total. The van der Waals surface area contributed by atoms with Gasteiger partial charge in [-0.2, -0.15) is 0 Å². The van der Waals surface area contributed by atoms with E-state index in [2.05, 4.69) is 11.8 Å². The molecule has 1 aliphatic heterocycles. The lowest BCUT2D eigenvalue weighted by Gasteiger charge is -2.27. The van der Waals surface area contributed by atoms with Crippen LogP contribution in [0, 0.1) is 5.92 Å². The van der Waals surface area contributed by atoms with Crippen LogP contribution in [0.25, 0.3) is 0 Å². The fraction of sp³-hybridized carbons (Fsp3) is 1.00. The van der Waals surface area contributed by atoms with Crippen LogP contribution in [0.1, 0.15) is 58.3 Å². The molecule has 0 unspecified atom stereocenters. The molecule has 100 valence electrons. The van der Waals surface area contributed by atoms with Gasteiger partial charge in [0.25, 0.3) is 0 Å². The molecular weight excluding hydrogens is 210 g/mol. The molecule has 0 atom stereocenters. The zero-order chi connectivity index (χ0) is 11.9. The van der Waals surface area contributed by atoms with E-state index in [9.17, 15) is 0 Å². The van der Waals surface area contributed by atoms with Gasteiger partial charge in [0, 0.05) is 6.54 Å². The van der Waals surface area contributed by atoms with Gasteiger partial charge in [-0.25, -0.2) is 0 Å². The lowest BCUT2D eigenvalue weighted by Crippen LogP contribution is -2.30. The second kappa shape index (κ2) is 7.38. The van der Waals surface area contributed by atoms with Crippen LogP contribution in [0.5, 0.6) is 0 Å². The molecule has 2 fully saturated rings. The maximum Gasteiger partial charge on any atom is 0.0597 e. The van der Waals surface area contributed by atoms with Crippen LogP contribution in [0.3, 0.4) is 0 Å². The minimum atomic E-state index is 0.568. The Kier molecular flexibility index (Phi) is 5.79. The van der Waals surface area contributed by atoms with Gasteiger partial charge >= 0.3 is 0 Å². The van der Waals surface area contributed by atoms with Gasteiger partial charge in [0.05, 0.1) is 12.7 Å². The monoisotopic (exact) mass is 239 g/mol. The maximum absolute atomic E-state index is 6.03. The summed E-state index contributed by atoms with van der Waals surface area (Å²) in [5, 5.41) is 0. The Hall–Kier alpha value is -0.0800. The van der Waals surface area contributed by atoms with Crippen molar-refractivity contribution in [2.75, 3.05) is 26.2 Å². The first-order valence-corrected chi connectivity index (χ1v) is 7.68. The van der Waals surface area contributed by atoms with E-state index in [1.807, 2.05) is 0 Å². The molecular formula is C15H29NO. The second-order valence-corrected chi connectivity index (χ2v) is 6.01. The van der Waals surface area contributed by atoms with E-state index < -0.39 is 0 Å². The summed E-state index contributed by atoms with van der Waals surface area (Å²) < 4.78 is 6.03. The lowest BCUT2D eigenvalue weighted by atomic mass is 9.89. The molecule has 1 aliphatic carbocycles. The molecule has 0 radical (unpaired) electrons. The van der Waals surface area contributed by atoms with Gasteiger partial charge < -0.3 is 9.64 Å². The summed E-state index contributed by atoms with van der Waals surface area (Å²) in [5.74, 6) is 0.931. The Morgan fingerprint density at radius 2 is 1.59 bits per heavy atom. The standard InChI is InChI=1S/C15H29NO/c1-14-6-8-15(9-7-14)17-13-12-16-10-4-2-3-5-11-16/h14-15H,2-13H2,1H3. The van der Waals surface area contributed by atoms with E-state index in [1.54, 1.807) is 0 Å². The van der Waals surface area contributed by atoms with Gasteiger partial charge in [-0.1, -0.05) is 19.8 Å². The second-order valence-electron chi connectivity index (χ2n) is 6.01. The molecule has 0 aromatic carbocycles. The summed E-state index contributed by atoms with van der Waals surface area (Å²) in [4.78, 5) is 2.60. The van der Waals surface area contributed by atoms with E-state index in [4.69, 9.17) is 4.74 Å². The third-order valence-electron chi connectivity index (χ3n) is 4.42. The molecule has 1 saturated heterocycles. The van der Waals surface area contributed by atoms with Crippen molar-refractivity contribution < 1.29 is 4.74 Å². The number of nitrogens with zero attached hydrogens (tertiary/aromatic N) is 1. The van der Waals surface area contributed by atoms with Crippen molar-refractivity contribution in [3.8, 4) is 0 Å². The van der Waals surface area contributed by atoms with Crippen LogP contribution in [-0.2, 0) is 4.74 Å². The third-order valence-corrected chi connectivity index (χ3v) is 4.42. The van der Waals surface area contributed by atoms with Crippen LogP contribution in [0.2, 0.25) is 0 Å². The van der Waals surface area contributed by atoms with E-state index >= 15 is 0 Å². The largest absolute Gasteiger partial charge is 0.377 e. The van der Waals surface area contributed by atoms with Crippen LogP contribution >= 0.6 is 0 Å². The van der Waals surface area contributed by atoms with Crippen molar-refractivity contribution in [1.82, 2.24) is 4.90 Å². The molecule has 2 aliphatic rings. The van der Waals surface area contributed by atoms with E-state index in [-0.39, 0.29) is 0 Å². The third kappa shape index (κ3) is 4.97. The molecule has 1 saturated carbocycles. The molecule has 0 N–H and O–H groups in total. The molecule has 0 spiro atoms. The van der Waals surface area contributed by atoms with E-state index in [0.29, 0.717) is 6.10 Å². The van der Waals surface area contributed by atoms with E-state index in [1.165, 1.54) is 64.5 Å². The van der Waals surface area contributed by atoms with Gasteiger partial charge in [-0.3, -0.25) is 0 Å². The molecule has 0 aromatic heterocycles. The minimum Gasteiger partial charge on any atom is -0.377 e. The highest BCUT2D eigenvalue weighted by atomic mass is 16.5. The summed E-state index contributed by atoms with van der Waals surface area (Å²) >= 11 is 0. The molecule has 2 rings (SSSR count). The molecule has 2 heteroatoms. The smallest absolute Gasteiger partial charge is 0.0597 e. The first kappa shape index (κ1) is 13.4. The number of hydrogen-bond acceptors (Lipinski definition) is 2. The summed E-state index contributed by atoms with van der Waals surface area (Å²) in [7, 11) is 0.